The van der Waals surface area contributed by atoms with E-state index in [4.69, 9.17) is 0 Å². The summed E-state index contributed by atoms with van der Waals surface area (Å²) in [6, 6.07) is 7.95. The molecule has 2 amide bonds. The molecule has 0 unspecified atom stereocenters. The molecule has 0 saturated carbocycles. The first-order chi connectivity index (χ1) is 12.0. The molecule has 0 bridgehead atoms. The first-order valence-corrected chi connectivity index (χ1v) is 9.09. The summed E-state index contributed by atoms with van der Waals surface area (Å²) in [5.41, 5.74) is 0.957. The number of nitrogens with zero attached hydrogens (tertiary/aromatic N) is 4. The van der Waals surface area contributed by atoms with Gasteiger partial charge < -0.3 is 9.80 Å². The summed E-state index contributed by atoms with van der Waals surface area (Å²) in [5, 5.41) is 0.838. The number of carbonyl (C=O) groups excluding carboxylic acids is 2. The van der Waals surface area contributed by atoms with Crippen molar-refractivity contribution in [1.29, 1.82) is 0 Å². The molecule has 3 rings (SSSR count). The maximum absolute atomic E-state index is 12.3. The van der Waals surface area contributed by atoms with Crippen LogP contribution in [0.5, 0.6) is 0 Å². The summed E-state index contributed by atoms with van der Waals surface area (Å²) in [7, 11) is 3.52. The average molecular weight is 358 g/mol. The summed E-state index contributed by atoms with van der Waals surface area (Å²) >= 11 is 1.58. The van der Waals surface area contributed by atoms with Gasteiger partial charge in [0.1, 0.15) is 5.01 Å². The van der Waals surface area contributed by atoms with Crippen molar-refractivity contribution in [3.05, 3.63) is 35.3 Å². The molecular formula is C18H22N4O2S. The first-order valence-electron chi connectivity index (χ1n) is 8.28. The number of hydrogen-bond acceptors (Lipinski definition) is 5. The Morgan fingerprint density at radius 2 is 1.92 bits per heavy atom. The van der Waals surface area contributed by atoms with E-state index < -0.39 is 0 Å². The molecular weight excluding hydrogens is 336 g/mol. The Labute approximate surface area is 151 Å². The van der Waals surface area contributed by atoms with E-state index in [9.17, 15) is 9.59 Å². The van der Waals surface area contributed by atoms with Crippen molar-refractivity contribution in [3.63, 3.8) is 0 Å². The number of amides is 2. The highest BCUT2D eigenvalue weighted by Gasteiger charge is 2.21. The SMILES string of the molecule is CN(C)C(=O)CN1CCN(C(=O)/C=C/c2nc3ccccc3s2)CC1. The highest BCUT2D eigenvalue weighted by Crippen LogP contribution is 2.22. The summed E-state index contributed by atoms with van der Waals surface area (Å²) in [6.45, 7) is 3.14. The Morgan fingerprint density at radius 1 is 1.20 bits per heavy atom. The quantitative estimate of drug-likeness (QED) is 0.778. The van der Waals surface area contributed by atoms with E-state index in [1.54, 1.807) is 42.5 Å². The van der Waals surface area contributed by atoms with Crippen LogP contribution in [0.25, 0.3) is 16.3 Å². The van der Waals surface area contributed by atoms with Crippen molar-refractivity contribution in [2.24, 2.45) is 0 Å². The van der Waals surface area contributed by atoms with Gasteiger partial charge in [-0.2, -0.15) is 0 Å². The van der Waals surface area contributed by atoms with Crippen LogP contribution in [0.4, 0.5) is 0 Å². The van der Waals surface area contributed by atoms with Crippen molar-refractivity contribution in [1.82, 2.24) is 19.7 Å². The zero-order chi connectivity index (χ0) is 17.8. The third kappa shape index (κ3) is 4.43. The summed E-state index contributed by atoms with van der Waals surface area (Å²) in [6.07, 6.45) is 3.38. The van der Waals surface area contributed by atoms with Crippen LogP contribution in [-0.2, 0) is 9.59 Å². The van der Waals surface area contributed by atoms with Crippen molar-refractivity contribution in [3.8, 4) is 0 Å². The largest absolute Gasteiger partial charge is 0.348 e. The molecule has 0 aliphatic carbocycles. The molecule has 1 fully saturated rings. The van der Waals surface area contributed by atoms with Gasteiger partial charge in [0, 0.05) is 46.4 Å². The third-order valence-corrected chi connectivity index (χ3v) is 5.22. The van der Waals surface area contributed by atoms with Crippen molar-refractivity contribution in [2.45, 2.75) is 0 Å². The molecule has 25 heavy (non-hydrogen) atoms. The van der Waals surface area contributed by atoms with E-state index in [-0.39, 0.29) is 11.8 Å². The van der Waals surface area contributed by atoms with Gasteiger partial charge in [-0.1, -0.05) is 12.1 Å². The number of fused-ring (bicyclic) bond motifs is 1. The molecule has 1 aromatic carbocycles. The number of likely N-dealkylation sites (N-methyl/N-ethyl adjacent to an activating group) is 1. The molecule has 7 heteroatoms. The average Bonchev–Trinajstić information content (AvgIpc) is 3.03. The topological polar surface area (TPSA) is 56.8 Å². The van der Waals surface area contributed by atoms with Gasteiger partial charge in [0.25, 0.3) is 0 Å². The summed E-state index contributed by atoms with van der Waals surface area (Å²) in [5.74, 6) is 0.0911. The van der Waals surface area contributed by atoms with Gasteiger partial charge in [0.15, 0.2) is 0 Å². The summed E-state index contributed by atoms with van der Waals surface area (Å²) in [4.78, 5) is 34.1. The molecule has 2 aromatic rings. The van der Waals surface area contributed by atoms with Gasteiger partial charge in [0.2, 0.25) is 11.8 Å². The Kier molecular flexibility index (Phi) is 5.45. The second-order valence-corrected chi connectivity index (χ2v) is 7.30. The molecule has 1 aromatic heterocycles. The van der Waals surface area contributed by atoms with Crippen LogP contribution in [0.2, 0.25) is 0 Å². The molecule has 132 valence electrons. The van der Waals surface area contributed by atoms with Gasteiger partial charge in [-0.25, -0.2) is 4.98 Å². The smallest absolute Gasteiger partial charge is 0.246 e. The van der Waals surface area contributed by atoms with Crippen molar-refractivity contribution < 1.29 is 9.59 Å². The second kappa shape index (κ2) is 7.76. The van der Waals surface area contributed by atoms with E-state index >= 15 is 0 Å². The van der Waals surface area contributed by atoms with Gasteiger partial charge in [-0.05, 0) is 18.2 Å². The van der Waals surface area contributed by atoms with E-state index in [1.807, 2.05) is 29.2 Å². The number of para-hydroxylation sites is 1. The van der Waals surface area contributed by atoms with Gasteiger partial charge in [-0.15, -0.1) is 11.3 Å². The van der Waals surface area contributed by atoms with Crippen molar-refractivity contribution in [2.75, 3.05) is 46.8 Å². The molecule has 2 heterocycles. The molecule has 0 atom stereocenters. The Balaban J connectivity index is 1.53. The molecule has 0 radical (unpaired) electrons. The number of benzene rings is 1. The highest BCUT2D eigenvalue weighted by atomic mass is 32.1. The van der Waals surface area contributed by atoms with Crippen molar-refractivity contribution >= 4 is 39.4 Å². The van der Waals surface area contributed by atoms with Crippen LogP contribution in [0.15, 0.2) is 30.3 Å². The highest BCUT2D eigenvalue weighted by molar-refractivity contribution is 7.19. The van der Waals surface area contributed by atoms with Crippen LogP contribution in [-0.4, -0.2) is 78.3 Å². The van der Waals surface area contributed by atoms with Crippen LogP contribution in [0.1, 0.15) is 5.01 Å². The molecule has 0 N–H and O–H groups in total. The predicted molar refractivity (Wildman–Crippen MR) is 100 cm³/mol. The van der Waals surface area contributed by atoms with E-state index in [1.165, 1.54) is 0 Å². The van der Waals surface area contributed by atoms with Crippen LogP contribution in [0.3, 0.4) is 0 Å². The van der Waals surface area contributed by atoms with Crippen LogP contribution in [0, 0.1) is 0 Å². The zero-order valence-electron chi connectivity index (χ0n) is 14.5. The predicted octanol–water partition coefficient (Wildman–Crippen LogP) is 1.54. The molecule has 1 aliphatic heterocycles. The lowest BCUT2D eigenvalue weighted by Crippen LogP contribution is -2.50. The Hall–Kier alpha value is -2.25. The number of thiazole rings is 1. The number of hydrogen-bond donors (Lipinski definition) is 0. The monoisotopic (exact) mass is 358 g/mol. The van der Waals surface area contributed by atoms with E-state index in [0.29, 0.717) is 19.6 Å². The van der Waals surface area contributed by atoms with Crippen LogP contribution >= 0.6 is 11.3 Å². The normalized spacial score (nSPS) is 15.8. The zero-order valence-corrected chi connectivity index (χ0v) is 15.3. The first kappa shape index (κ1) is 17.6. The fourth-order valence-electron chi connectivity index (χ4n) is 2.67. The molecule has 1 saturated heterocycles. The third-order valence-electron chi connectivity index (χ3n) is 4.22. The van der Waals surface area contributed by atoms with E-state index in [0.717, 1.165) is 28.3 Å². The fourth-order valence-corrected chi connectivity index (χ4v) is 3.54. The molecule has 1 aliphatic rings. The standard InChI is InChI=1S/C18H22N4O2S/c1-20(2)18(24)13-21-9-11-22(12-10-21)17(23)8-7-16-19-14-5-3-4-6-15(14)25-16/h3-8H,9-13H2,1-2H3/b8-7+. The molecule has 0 spiro atoms. The summed E-state index contributed by atoms with van der Waals surface area (Å²) < 4.78 is 1.12. The van der Waals surface area contributed by atoms with Gasteiger partial charge in [0.05, 0.1) is 16.8 Å². The minimum Gasteiger partial charge on any atom is -0.348 e. The lowest BCUT2D eigenvalue weighted by molar-refractivity contribution is -0.131. The maximum atomic E-state index is 12.3. The van der Waals surface area contributed by atoms with Gasteiger partial charge >= 0.3 is 0 Å². The maximum Gasteiger partial charge on any atom is 0.246 e. The fraction of sp³-hybridized carbons (Fsp3) is 0.389. The number of rotatable bonds is 4. The number of aromatic nitrogens is 1. The van der Waals surface area contributed by atoms with E-state index in [2.05, 4.69) is 9.88 Å². The lowest BCUT2D eigenvalue weighted by Gasteiger charge is -2.34. The minimum atomic E-state index is -0.00200. The number of carbonyl (C=O) groups is 2. The minimum absolute atomic E-state index is 0.00200. The molecule has 6 nitrogen and oxygen atoms in total. The lowest BCUT2D eigenvalue weighted by atomic mass is 10.3. The Morgan fingerprint density at radius 3 is 2.60 bits per heavy atom. The number of piperazine rings is 1. The second-order valence-electron chi connectivity index (χ2n) is 6.24. The Bertz CT molecular complexity index is 758. The van der Waals surface area contributed by atoms with Crippen LogP contribution < -0.4 is 0 Å². The van der Waals surface area contributed by atoms with Gasteiger partial charge in [-0.3, -0.25) is 14.5 Å².